The summed E-state index contributed by atoms with van der Waals surface area (Å²) < 4.78 is 7.48. The Hall–Kier alpha value is -2.60. The first-order valence-corrected chi connectivity index (χ1v) is 7.74. The number of hydrogen-bond acceptors (Lipinski definition) is 4. The third-order valence-electron chi connectivity index (χ3n) is 3.69. The van der Waals surface area contributed by atoms with Crippen LogP contribution >= 0.6 is 0 Å². The third-order valence-corrected chi connectivity index (χ3v) is 3.69. The molecule has 1 aromatic carbocycles. The van der Waals surface area contributed by atoms with Gasteiger partial charge in [0.05, 0.1) is 12.2 Å². The molecule has 3 rings (SSSR count). The summed E-state index contributed by atoms with van der Waals surface area (Å²) in [6.07, 6.45) is 4.40. The molecule has 0 fully saturated rings. The lowest BCUT2D eigenvalue weighted by molar-refractivity contribution is 0.340. The first-order chi connectivity index (χ1) is 11.2. The van der Waals surface area contributed by atoms with Crippen molar-refractivity contribution in [1.82, 2.24) is 14.5 Å². The van der Waals surface area contributed by atoms with E-state index in [0.29, 0.717) is 24.5 Å². The van der Waals surface area contributed by atoms with Crippen LogP contribution in [0, 0.1) is 0 Å². The Bertz CT molecular complexity index is 866. The Labute approximate surface area is 133 Å². The molecule has 120 valence electrons. The summed E-state index contributed by atoms with van der Waals surface area (Å²) in [7, 11) is 0. The number of rotatable bonds is 6. The van der Waals surface area contributed by atoms with Gasteiger partial charge in [-0.25, -0.2) is 4.98 Å². The maximum atomic E-state index is 12.4. The van der Waals surface area contributed by atoms with Crippen molar-refractivity contribution < 1.29 is 4.74 Å². The zero-order valence-electron chi connectivity index (χ0n) is 13.1. The topological polar surface area (TPSA) is 85.9 Å². The van der Waals surface area contributed by atoms with Gasteiger partial charge in [-0.2, -0.15) is 0 Å². The minimum absolute atomic E-state index is 0.151. The van der Waals surface area contributed by atoms with Crippen LogP contribution in [0.4, 0.5) is 0 Å². The highest BCUT2D eigenvalue weighted by molar-refractivity contribution is 5.83. The lowest BCUT2D eigenvalue weighted by Gasteiger charge is -2.09. The number of imidazole rings is 1. The molecule has 0 bridgehead atoms. The lowest BCUT2D eigenvalue weighted by atomic mass is 10.1. The van der Waals surface area contributed by atoms with Crippen LogP contribution in [0.5, 0.6) is 5.75 Å². The number of nitrogens with two attached hydrogens (primary N) is 1. The average Bonchev–Trinajstić information content (AvgIpc) is 3.01. The quantitative estimate of drug-likeness (QED) is 0.730. The molecule has 0 aliphatic heterocycles. The summed E-state index contributed by atoms with van der Waals surface area (Å²) in [6.45, 7) is 3.88. The maximum absolute atomic E-state index is 12.4. The minimum atomic E-state index is -0.151. The van der Waals surface area contributed by atoms with E-state index in [1.807, 2.05) is 42.0 Å². The van der Waals surface area contributed by atoms with Gasteiger partial charge >= 0.3 is 0 Å². The van der Waals surface area contributed by atoms with Crippen LogP contribution in [0.1, 0.15) is 13.3 Å². The molecule has 0 radical (unpaired) electrons. The highest BCUT2D eigenvalue weighted by Crippen LogP contribution is 2.22. The fourth-order valence-electron chi connectivity index (χ4n) is 2.60. The zero-order chi connectivity index (χ0) is 16.2. The predicted octanol–water partition coefficient (Wildman–Crippen LogP) is 2.14. The number of benzene rings is 1. The van der Waals surface area contributed by atoms with Crippen molar-refractivity contribution in [2.24, 2.45) is 5.73 Å². The molecule has 3 N–H and O–H groups in total. The standard InChI is InChI=1S/C17H20N4O2/c1-2-23-13-4-5-15-12(10-13)11-14(17(22)20-15)16-19-7-9-21(16)8-3-6-18/h4-5,7,9-11H,2-3,6,8,18H2,1H3,(H,20,22). The summed E-state index contributed by atoms with van der Waals surface area (Å²) in [5, 5.41) is 0.916. The first-order valence-electron chi connectivity index (χ1n) is 7.74. The van der Waals surface area contributed by atoms with Crippen molar-refractivity contribution in [2.45, 2.75) is 19.9 Å². The molecule has 0 atom stereocenters. The van der Waals surface area contributed by atoms with Crippen LogP contribution in [0.3, 0.4) is 0 Å². The molecule has 6 heteroatoms. The van der Waals surface area contributed by atoms with Gasteiger partial charge in [-0.15, -0.1) is 0 Å². The number of aryl methyl sites for hydroxylation is 1. The van der Waals surface area contributed by atoms with E-state index in [2.05, 4.69) is 9.97 Å². The van der Waals surface area contributed by atoms with Crippen LogP contribution < -0.4 is 16.0 Å². The van der Waals surface area contributed by atoms with E-state index in [4.69, 9.17) is 10.5 Å². The highest BCUT2D eigenvalue weighted by atomic mass is 16.5. The molecule has 0 spiro atoms. The summed E-state index contributed by atoms with van der Waals surface area (Å²) in [5.74, 6) is 1.44. The second-order valence-corrected chi connectivity index (χ2v) is 5.28. The SMILES string of the molecule is CCOc1ccc2[nH]c(=O)c(-c3nccn3CCCN)cc2c1. The number of fused-ring (bicyclic) bond motifs is 1. The van der Waals surface area contributed by atoms with E-state index >= 15 is 0 Å². The van der Waals surface area contributed by atoms with Crippen LogP contribution in [0.25, 0.3) is 22.3 Å². The third kappa shape index (κ3) is 3.12. The highest BCUT2D eigenvalue weighted by Gasteiger charge is 2.11. The van der Waals surface area contributed by atoms with Gasteiger partial charge in [0, 0.05) is 29.8 Å². The Morgan fingerprint density at radius 2 is 2.22 bits per heavy atom. The molecular formula is C17H20N4O2. The molecule has 0 saturated carbocycles. The number of nitrogens with one attached hydrogen (secondary N) is 1. The molecule has 23 heavy (non-hydrogen) atoms. The fourth-order valence-corrected chi connectivity index (χ4v) is 2.60. The second-order valence-electron chi connectivity index (χ2n) is 5.28. The summed E-state index contributed by atoms with van der Waals surface area (Å²) >= 11 is 0. The number of hydrogen-bond donors (Lipinski definition) is 2. The molecule has 0 unspecified atom stereocenters. The van der Waals surface area contributed by atoms with Gasteiger partial charge in [-0.05, 0) is 44.2 Å². The van der Waals surface area contributed by atoms with E-state index in [1.54, 1.807) is 6.20 Å². The van der Waals surface area contributed by atoms with Crippen LogP contribution in [0.2, 0.25) is 0 Å². The number of nitrogens with zero attached hydrogens (tertiary/aromatic N) is 2. The van der Waals surface area contributed by atoms with Crippen LogP contribution in [0.15, 0.2) is 41.5 Å². The van der Waals surface area contributed by atoms with Gasteiger partial charge in [-0.1, -0.05) is 0 Å². The molecule has 2 heterocycles. The molecule has 0 aliphatic carbocycles. The number of pyridine rings is 1. The number of ether oxygens (including phenoxy) is 1. The van der Waals surface area contributed by atoms with Crippen molar-refractivity contribution >= 4 is 10.9 Å². The largest absolute Gasteiger partial charge is 0.494 e. The Kier molecular flexibility index (Phi) is 4.43. The number of aromatic nitrogens is 3. The van der Waals surface area contributed by atoms with Gasteiger partial charge < -0.3 is 20.0 Å². The van der Waals surface area contributed by atoms with Crippen molar-refractivity contribution in [3.8, 4) is 17.1 Å². The van der Waals surface area contributed by atoms with Gasteiger partial charge in [0.2, 0.25) is 0 Å². The first kappa shape index (κ1) is 15.3. The van der Waals surface area contributed by atoms with Crippen molar-refractivity contribution in [3.63, 3.8) is 0 Å². The van der Waals surface area contributed by atoms with E-state index in [1.165, 1.54) is 0 Å². The lowest BCUT2D eigenvalue weighted by Crippen LogP contribution is -2.13. The summed E-state index contributed by atoms with van der Waals surface area (Å²) in [6, 6.07) is 7.49. The fraction of sp³-hybridized carbons (Fsp3) is 0.294. The van der Waals surface area contributed by atoms with Gasteiger partial charge in [0.1, 0.15) is 11.6 Å². The molecule has 6 nitrogen and oxygen atoms in total. The maximum Gasteiger partial charge on any atom is 0.259 e. The van der Waals surface area contributed by atoms with Crippen molar-refractivity contribution in [1.29, 1.82) is 0 Å². The monoisotopic (exact) mass is 312 g/mol. The minimum Gasteiger partial charge on any atom is -0.494 e. The zero-order valence-corrected chi connectivity index (χ0v) is 13.1. The van der Waals surface area contributed by atoms with Crippen molar-refractivity contribution in [2.75, 3.05) is 13.2 Å². The Morgan fingerprint density at radius 3 is 3.00 bits per heavy atom. The van der Waals surface area contributed by atoms with Crippen LogP contribution in [-0.4, -0.2) is 27.7 Å². The predicted molar refractivity (Wildman–Crippen MR) is 90.6 cm³/mol. The number of H-pyrrole nitrogens is 1. The van der Waals surface area contributed by atoms with Crippen LogP contribution in [-0.2, 0) is 6.54 Å². The summed E-state index contributed by atoms with van der Waals surface area (Å²) in [4.78, 5) is 19.7. The van der Waals surface area contributed by atoms with Gasteiger partial charge in [-0.3, -0.25) is 4.79 Å². The average molecular weight is 312 g/mol. The van der Waals surface area contributed by atoms with Gasteiger partial charge in [0.15, 0.2) is 0 Å². The molecule has 0 saturated heterocycles. The van der Waals surface area contributed by atoms with Gasteiger partial charge in [0.25, 0.3) is 5.56 Å². The smallest absolute Gasteiger partial charge is 0.259 e. The van der Waals surface area contributed by atoms with E-state index in [0.717, 1.165) is 29.6 Å². The second kappa shape index (κ2) is 6.66. The molecule has 0 amide bonds. The molecule has 3 aromatic rings. The molecule has 0 aliphatic rings. The van der Waals surface area contributed by atoms with Crippen molar-refractivity contribution in [3.05, 3.63) is 47.0 Å². The normalized spacial score (nSPS) is 11.0. The Morgan fingerprint density at radius 1 is 1.35 bits per heavy atom. The Balaban J connectivity index is 2.08. The van der Waals surface area contributed by atoms with E-state index in [-0.39, 0.29) is 5.56 Å². The molecular weight excluding hydrogens is 292 g/mol. The number of aromatic amines is 1. The molecule has 2 aromatic heterocycles. The van der Waals surface area contributed by atoms with E-state index in [9.17, 15) is 4.79 Å². The summed E-state index contributed by atoms with van der Waals surface area (Å²) in [5.41, 5.74) is 6.75. The van der Waals surface area contributed by atoms with E-state index < -0.39 is 0 Å².